The van der Waals surface area contributed by atoms with E-state index in [-0.39, 0.29) is 55.7 Å². The lowest BCUT2D eigenvalue weighted by molar-refractivity contribution is -0.136. The fourth-order valence-electron chi connectivity index (χ4n) is 7.11. The predicted octanol–water partition coefficient (Wildman–Crippen LogP) is 2.62. The Labute approximate surface area is 292 Å². The molecule has 15 nitrogen and oxygen atoms in total. The Morgan fingerprint density at radius 2 is 1.79 bits per heavy atom. The van der Waals surface area contributed by atoms with Crippen LogP contribution in [0.3, 0.4) is 0 Å². The number of carbonyl (C=O) groups excluding carboxylic acids is 4. The first-order valence-electron chi connectivity index (χ1n) is 16.5. The van der Waals surface area contributed by atoms with Gasteiger partial charge >= 0.3 is 0 Å². The summed E-state index contributed by atoms with van der Waals surface area (Å²) in [6.45, 7) is 0.936. The molecule has 1 unspecified atom stereocenters. The maximum absolute atomic E-state index is 14.6. The number of nitrogens with zero attached hydrogens (tertiary/aromatic N) is 5. The summed E-state index contributed by atoms with van der Waals surface area (Å²) in [5.41, 5.74) is 1.66. The van der Waals surface area contributed by atoms with Crippen LogP contribution < -0.4 is 21.5 Å². The zero-order valence-electron chi connectivity index (χ0n) is 27.2. The van der Waals surface area contributed by atoms with Gasteiger partial charge in [-0.1, -0.05) is 18.2 Å². The molecule has 2 aromatic heterocycles. The van der Waals surface area contributed by atoms with Crippen molar-refractivity contribution in [3.63, 3.8) is 0 Å². The first-order chi connectivity index (χ1) is 25.2. The number of benzene rings is 3. The van der Waals surface area contributed by atoms with Crippen molar-refractivity contribution in [2.24, 2.45) is 0 Å². The van der Waals surface area contributed by atoms with Crippen molar-refractivity contribution in [3.05, 3.63) is 111 Å². The van der Waals surface area contributed by atoms with Gasteiger partial charge in [-0.2, -0.15) is 10.2 Å². The number of amides is 4. The van der Waals surface area contributed by atoms with Gasteiger partial charge in [0, 0.05) is 29.7 Å². The number of imide groups is 2. The third-order valence-corrected chi connectivity index (χ3v) is 9.45. The van der Waals surface area contributed by atoms with E-state index in [1.807, 2.05) is 0 Å². The van der Waals surface area contributed by atoms with E-state index in [1.54, 1.807) is 28.9 Å². The lowest BCUT2D eigenvalue weighted by Crippen LogP contribution is -2.54. The highest BCUT2D eigenvalue weighted by Gasteiger charge is 2.45. The average Bonchev–Trinajstić information content (AvgIpc) is 3.69. The molecule has 1 saturated heterocycles. The molecule has 5 aromatic rings. The summed E-state index contributed by atoms with van der Waals surface area (Å²) < 4.78 is 36.0. The van der Waals surface area contributed by atoms with Gasteiger partial charge in [-0.15, -0.1) is 0 Å². The molecule has 0 radical (unpaired) electrons. The van der Waals surface area contributed by atoms with Crippen LogP contribution in [-0.4, -0.2) is 79.3 Å². The lowest BCUT2D eigenvalue weighted by Gasteiger charge is -2.34. The van der Waals surface area contributed by atoms with Gasteiger partial charge in [0.2, 0.25) is 11.8 Å². The number of aromatic nitrogens is 5. The van der Waals surface area contributed by atoms with Crippen molar-refractivity contribution in [3.8, 4) is 0 Å². The molecule has 8 rings (SSSR count). The molecule has 4 amide bonds. The largest absolute Gasteiger partial charge is 0.382 e. The average molecular weight is 710 g/mol. The zero-order chi connectivity index (χ0) is 36.1. The van der Waals surface area contributed by atoms with Crippen molar-refractivity contribution < 1.29 is 32.7 Å². The zero-order valence-corrected chi connectivity index (χ0v) is 27.2. The van der Waals surface area contributed by atoms with Gasteiger partial charge in [0.15, 0.2) is 0 Å². The van der Waals surface area contributed by atoms with Gasteiger partial charge in [0.25, 0.3) is 17.4 Å². The highest BCUT2D eigenvalue weighted by molar-refractivity contribution is 6.25. The van der Waals surface area contributed by atoms with Gasteiger partial charge in [0.05, 0.1) is 53.9 Å². The number of fused-ring (bicyclic) bond motifs is 1. The van der Waals surface area contributed by atoms with Crippen LogP contribution in [0.4, 0.5) is 20.2 Å². The van der Waals surface area contributed by atoms with E-state index in [0.29, 0.717) is 33.8 Å². The molecule has 3 atom stereocenters. The number of aromatic amines is 1. The minimum atomic E-state index is -1.07. The minimum Gasteiger partial charge on any atom is -0.382 e. The number of ether oxygens (including phenoxy) is 1. The van der Waals surface area contributed by atoms with E-state index < -0.39 is 58.8 Å². The number of nitrogens with one attached hydrogen (secondary N) is 4. The Morgan fingerprint density at radius 1 is 0.962 bits per heavy atom. The van der Waals surface area contributed by atoms with E-state index >= 15 is 0 Å². The van der Waals surface area contributed by atoms with Crippen molar-refractivity contribution in [2.45, 2.75) is 37.4 Å². The van der Waals surface area contributed by atoms with E-state index in [2.05, 4.69) is 36.2 Å². The third-order valence-electron chi connectivity index (χ3n) is 9.45. The maximum Gasteiger partial charge on any atom is 0.272 e. The summed E-state index contributed by atoms with van der Waals surface area (Å²) in [5, 5.41) is 20.5. The van der Waals surface area contributed by atoms with Crippen molar-refractivity contribution >= 4 is 45.8 Å². The van der Waals surface area contributed by atoms with Gasteiger partial charge < -0.3 is 15.4 Å². The number of H-pyrrole nitrogens is 1. The number of anilines is 2. The second-order valence-corrected chi connectivity index (χ2v) is 12.5. The molecule has 0 bridgehead atoms. The molecule has 3 aliphatic heterocycles. The van der Waals surface area contributed by atoms with Crippen molar-refractivity contribution in [2.75, 3.05) is 30.4 Å². The standard InChI is InChI=1S/C35H29F2N9O6/c36-18-6-4-17(5-7-18)29-28(30-26-21(32(48)44-43-30)14-19(37)15-23(26)41-29)31-39-16-40-45(31)11-13-52-12-10-38-22-3-1-2-20-27(22)35(51)46(34(20)50)24-8-9-25(47)42-33(24)49/h1-7,14-16,24,28-29,38,41H,8-13H2,(H,44,48)(H,42,47,49)/t24?,28-,29-/m1/s1. The van der Waals surface area contributed by atoms with Crippen LogP contribution in [0.5, 0.6) is 0 Å². The molecule has 1 fully saturated rings. The Bertz CT molecular complexity index is 2340. The summed E-state index contributed by atoms with van der Waals surface area (Å²) >= 11 is 0. The van der Waals surface area contributed by atoms with Crippen LogP contribution in [0.15, 0.2) is 65.7 Å². The topological polar surface area (TPSA) is 193 Å². The summed E-state index contributed by atoms with van der Waals surface area (Å²) in [4.78, 5) is 68.6. The molecule has 0 spiro atoms. The molecule has 17 heteroatoms. The first kappa shape index (κ1) is 32.8. The van der Waals surface area contributed by atoms with Crippen molar-refractivity contribution in [1.29, 1.82) is 0 Å². The quantitative estimate of drug-likeness (QED) is 0.123. The highest BCUT2D eigenvalue weighted by Crippen LogP contribution is 2.46. The normalized spacial score (nSPS) is 19.5. The molecule has 0 aliphatic carbocycles. The molecule has 4 N–H and O–H groups in total. The van der Waals surface area contributed by atoms with Crippen LogP contribution in [-0.2, 0) is 20.9 Å². The fourth-order valence-corrected chi connectivity index (χ4v) is 7.11. The maximum atomic E-state index is 14.6. The molecule has 0 saturated carbocycles. The van der Waals surface area contributed by atoms with Crippen LogP contribution in [0, 0.1) is 11.6 Å². The van der Waals surface area contributed by atoms with Gasteiger partial charge in [0.1, 0.15) is 29.8 Å². The van der Waals surface area contributed by atoms with Crippen LogP contribution >= 0.6 is 0 Å². The summed E-state index contributed by atoms with van der Waals surface area (Å²) in [7, 11) is 0. The molecule has 264 valence electrons. The monoisotopic (exact) mass is 709 g/mol. The third kappa shape index (κ3) is 5.64. The van der Waals surface area contributed by atoms with E-state index in [4.69, 9.17) is 4.74 Å². The predicted molar refractivity (Wildman–Crippen MR) is 179 cm³/mol. The number of hydrogen-bond acceptors (Lipinski definition) is 11. The first-order valence-corrected chi connectivity index (χ1v) is 16.5. The van der Waals surface area contributed by atoms with E-state index in [0.717, 1.165) is 11.0 Å². The summed E-state index contributed by atoms with van der Waals surface area (Å²) in [5.74, 6) is -3.52. The van der Waals surface area contributed by atoms with Gasteiger partial charge in [-0.05, 0) is 48.4 Å². The second kappa shape index (κ2) is 13.1. The van der Waals surface area contributed by atoms with Crippen LogP contribution in [0.2, 0.25) is 0 Å². The minimum absolute atomic E-state index is 0.0256. The van der Waals surface area contributed by atoms with Crippen LogP contribution in [0.1, 0.15) is 62.6 Å². The molecule has 5 heterocycles. The molecule has 3 aliphatic rings. The molecule has 3 aromatic carbocycles. The summed E-state index contributed by atoms with van der Waals surface area (Å²) in [6, 6.07) is 11.5. The number of carbonyl (C=O) groups is 4. The Balaban J connectivity index is 0.962. The summed E-state index contributed by atoms with van der Waals surface area (Å²) in [6.07, 6.45) is 1.47. The van der Waals surface area contributed by atoms with E-state index in [1.165, 1.54) is 30.6 Å². The SMILES string of the molecule is O=C1CCC(N2C(=O)c3cccc(NCCOCCn4ncnc4[C@H]4c5n[nH]c(=O)c6cc(F)cc(c56)N[C@@H]4c4ccc(F)cc4)c3C2=O)C(=O)N1. The Kier molecular flexibility index (Phi) is 8.25. The lowest BCUT2D eigenvalue weighted by atomic mass is 9.83. The highest BCUT2D eigenvalue weighted by atomic mass is 19.1. The van der Waals surface area contributed by atoms with Crippen LogP contribution in [0.25, 0.3) is 10.8 Å². The molecular formula is C35H29F2N9O6. The number of hydrogen-bond donors (Lipinski definition) is 4. The van der Waals surface area contributed by atoms with E-state index in [9.17, 15) is 32.8 Å². The number of halogens is 2. The number of rotatable bonds is 10. The Morgan fingerprint density at radius 3 is 2.60 bits per heavy atom. The fraction of sp³-hybridized carbons (Fsp3) is 0.257. The Hall–Kier alpha value is -6.36. The number of piperidine rings is 1. The smallest absolute Gasteiger partial charge is 0.272 e. The molecular weight excluding hydrogens is 680 g/mol. The second-order valence-electron chi connectivity index (χ2n) is 12.5. The van der Waals surface area contributed by atoms with Gasteiger partial charge in [-0.25, -0.2) is 23.5 Å². The molecule has 52 heavy (non-hydrogen) atoms. The van der Waals surface area contributed by atoms with Gasteiger partial charge in [-0.3, -0.25) is 34.2 Å². The van der Waals surface area contributed by atoms with Crippen molar-refractivity contribution in [1.82, 2.24) is 35.2 Å².